The van der Waals surface area contributed by atoms with Gasteiger partial charge in [0.25, 0.3) is 0 Å². The molecule has 0 saturated heterocycles. The second-order valence-corrected chi connectivity index (χ2v) is 5.74. The standard InChI is InChI=1S/C17H15N3/c18-10-14(9-13-8-11-5-6-12(13)7-11)17-19-15-3-1-2-4-16(15)20-17/h1-6,9,11-13H,7-8H2,(H,19,20)/b14-9+/t11-,12+,13+/m1/s1. The van der Waals surface area contributed by atoms with Crippen LogP contribution in [0, 0.1) is 29.1 Å². The minimum absolute atomic E-state index is 0.493. The minimum Gasteiger partial charge on any atom is -0.337 e. The van der Waals surface area contributed by atoms with E-state index >= 15 is 0 Å². The van der Waals surface area contributed by atoms with Crippen LogP contribution in [0.2, 0.25) is 0 Å². The Morgan fingerprint density at radius 3 is 2.90 bits per heavy atom. The smallest absolute Gasteiger partial charge is 0.148 e. The zero-order valence-electron chi connectivity index (χ0n) is 11.1. The third-order valence-corrected chi connectivity index (χ3v) is 4.48. The van der Waals surface area contributed by atoms with Crippen molar-refractivity contribution in [3.05, 3.63) is 48.3 Å². The van der Waals surface area contributed by atoms with E-state index in [1.54, 1.807) is 0 Å². The van der Waals surface area contributed by atoms with Gasteiger partial charge in [0, 0.05) is 0 Å². The lowest BCUT2D eigenvalue weighted by Gasteiger charge is -2.13. The number of allylic oxidation sites excluding steroid dienone is 4. The molecule has 2 aliphatic carbocycles. The fraction of sp³-hybridized carbons (Fsp3) is 0.294. The van der Waals surface area contributed by atoms with E-state index in [4.69, 9.17) is 0 Å². The lowest BCUT2D eigenvalue weighted by atomic mass is 9.91. The lowest BCUT2D eigenvalue weighted by molar-refractivity contribution is 0.551. The van der Waals surface area contributed by atoms with Crippen LogP contribution in [0.15, 0.2) is 42.5 Å². The second-order valence-electron chi connectivity index (χ2n) is 5.74. The third kappa shape index (κ3) is 1.77. The molecule has 0 aliphatic heterocycles. The van der Waals surface area contributed by atoms with Gasteiger partial charge in [-0.2, -0.15) is 5.26 Å². The van der Waals surface area contributed by atoms with Gasteiger partial charge in [0.15, 0.2) is 0 Å². The highest BCUT2D eigenvalue weighted by Crippen LogP contribution is 2.44. The van der Waals surface area contributed by atoms with Crippen LogP contribution in [0.4, 0.5) is 0 Å². The van der Waals surface area contributed by atoms with Crippen LogP contribution < -0.4 is 0 Å². The van der Waals surface area contributed by atoms with E-state index in [9.17, 15) is 5.26 Å². The van der Waals surface area contributed by atoms with Crippen molar-refractivity contribution in [3.8, 4) is 6.07 Å². The summed E-state index contributed by atoms with van der Waals surface area (Å²) in [4.78, 5) is 7.77. The molecule has 1 N–H and O–H groups in total. The van der Waals surface area contributed by atoms with Crippen LogP contribution in [0.1, 0.15) is 18.7 Å². The molecular formula is C17H15N3. The molecule has 1 fully saturated rings. The molecule has 3 nitrogen and oxygen atoms in total. The van der Waals surface area contributed by atoms with Crippen molar-refractivity contribution >= 4 is 16.6 Å². The molecule has 2 bridgehead atoms. The molecule has 2 aliphatic rings. The van der Waals surface area contributed by atoms with Gasteiger partial charge in [-0.3, -0.25) is 0 Å². The van der Waals surface area contributed by atoms with Gasteiger partial charge in [-0.05, 0) is 42.7 Å². The molecule has 1 heterocycles. The molecule has 1 aromatic heterocycles. The number of nitrogens with zero attached hydrogens (tertiary/aromatic N) is 2. The molecule has 3 atom stereocenters. The topological polar surface area (TPSA) is 52.5 Å². The number of aromatic amines is 1. The van der Waals surface area contributed by atoms with E-state index in [1.807, 2.05) is 24.3 Å². The first-order valence-corrected chi connectivity index (χ1v) is 7.09. The summed E-state index contributed by atoms with van der Waals surface area (Å²) in [5, 5.41) is 9.44. The van der Waals surface area contributed by atoms with Crippen LogP contribution in [-0.4, -0.2) is 9.97 Å². The largest absolute Gasteiger partial charge is 0.337 e. The quantitative estimate of drug-likeness (QED) is 0.662. The van der Waals surface area contributed by atoms with E-state index in [1.165, 1.54) is 12.8 Å². The van der Waals surface area contributed by atoms with Crippen LogP contribution in [-0.2, 0) is 0 Å². The number of hydrogen-bond acceptors (Lipinski definition) is 2. The van der Waals surface area contributed by atoms with Crippen molar-refractivity contribution in [3.63, 3.8) is 0 Å². The average molecular weight is 261 g/mol. The van der Waals surface area contributed by atoms with Crippen molar-refractivity contribution in [2.24, 2.45) is 17.8 Å². The molecule has 98 valence electrons. The molecule has 1 saturated carbocycles. The minimum atomic E-state index is 0.493. The van der Waals surface area contributed by atoms with Gasteiger partial charge in [0.1, 0.15) is 11.9 Å². The van der Waals surface area contributed by atoms with Crippen LogP contribution in [0.3, 0.4) is 0 Å². The predicted octanol–water partition coefficient (Wildman–Crippen LogP) is 3.68. The predicted molar refractivity (Wildman–Crippen MR) is 78.5 cm³/mol. The normalized spacial score (nSPS) is 28.1. The lowest BCUT2D eigenvalue weighted by Crippen LogP contribution is -2.04. The van der Waals surface area contributed by atoms with Crippen molar-refractivity contribution in [2.45, 2.75) is 12.8 Å². The van der Waals surface area contributed by atoms with Crippen molar-refractivity contribution < 1.29 is 0 Å². The highest BCUT2D eigenvalue weighted by Gasteiger charge is 2.34. The van der Waals surface area contributed by atoms with Gasteiger partial charge >= 0.3 is 0 Å². The maximum absolute atomic E-state index is 9.44. The zero-order valence-corrected chi connectivity index (χ0v) is 11.1. The summed E-state index contributed by atoms with van der Waals surface area (Å²) < 4.78 is 0. The van der Waals surface area contributed by atoms with E-state index in [-0.39, 0.29) is 0 Å². The Labute approximate surface area is 117 Å². The highest BCUT2D eigenvalue weighted by atomic mass is 14.9. The van der Waals surface area contributed by atoms with Gasteiger partial charge in [-0.1, -0.05) is 30.4 Å². The number of nitriles is 1. The number of nitrogens with one attached hydrogen (secondary N) is 1. The molecule has 20 heavy (non-hydrogen) atoms. The maximum Gasteiger partial charge on any atom is 0.148 e. The molecule has 4 rings (SSSR count). The number of fused-ring (bicyclic) bond motifs is 3. The maximum atomic E-state index is 9.44. The number of imidazole rings is 1. The van der Waals surface area contributed by atoms with Crippen LogP contribution in [0.5, 0.6) is 0 Å². The Morgan fingerprint density at radius 1 is 1.30 bits per heavy atom. The zero-order chi connectivity index (χ0) is 13.5. The molecule has 0 spiro atoms. The van der Waals surface area contributed by atoms with E-state index in [0.29, 0.717) is 23.2 Å². The van der Waals surface area contributed by atoms with Crippen LogP contribution >= 0.6 is 0 Å². The van der Waals surface area contributed by atoms with Gasteiger partial charge in [0.2, 0.25) is 0 Å². The monoisotopic (exact) mass is 261 g/mol. The Balaban J connectivity index is 1.71. The highest BCUT2D eigenvalue weighted by molar-refractivity contribution is 5.82. The van der Waals surface area contributed by atoms with Gasteiger partial charge in [0.05, 0.1) is 16.6 Å². The van der Waals surface area contributed by atoms with Crippen molar-refractivity contribution in [2.75, 3.05) is 0 Å². The SMILES string of the molecule is N#C/C(=C\[C@@H]1C[C@@H]2C=C[C@H]1C2)c1nc2ccccc2[nH]1. The number of hydrogen-bond donors (Lipinski definition) is 1. The fourth-order valence-corrected chi connectivity index (χ4v) is 3.48. The first-order chi connectivity index (χ1) is 9.83. The van der Waals surface area contributed by atoms with Gasteiger partial charge < -0.3 is 4.98 Å². The Bertz CT molecular complexity index is 727. The Morgan fingerprint density at radius 2 is 2.20 bits per heavy atom. The molecule has 3 heteroatoms. The number of para-hydroxylation sites is 2. The summed E-state index contributed by atoms with van der Waals surface area (Å²) >= 11 is 0. The Kier molecular flexibility index (Phi) is 2.50. The molecule has 0 unspecified atom stereocenters. The summed E-state index contributed by atoms with van der Waals surface area (Å²) in [6.07, 6.45) is 9.17. The number of rotatable bonds is 2. The summed E-state index contributed by atoms with van der Waals surface area (Å²) in [5.41, 5.74) is 2.57. The number of aromatic nitrogens is 2. The van der Waals surface area contributed by atoms with E-state index in [2.05, 4.69) is 34.3 Å². The van der Waals surface area contributed by atoms with Gasteiger partial charge in [-0.25, -0.2) is 4.98 Å². The molecular weight excluding hydrogens is 246 g/mol. The summed E-state index contributed by atoms with van der Waals surface area (Å²) in [6, 6.07) is 10.2. The summed E-state index contributed by atoms with van der Waals surface area (Å²) in [5.74, 6) is 2.53. The summed E-state index contributed by atoms with van der Waals surface area (Å²) in [7, 11) is 0. The van der Waals surface area contributed by atoms with E-state index < -0.39 is 0 Å². The second kappa shape index (κ2) is 4.35. The molecule has 0 radical (unpaired) electrons. The molecule has 0 amide bonds. The van der Waals surface area contributed by atoms with Gasteiger partial charge in [-0.15, -0.1) is 0 Å². The summed E-state index contributed by atoms with van der Waals surface area (Å²) in [6.45, 7) is 0. The fourth-order valence-electron chi connectivity index (χ4n) is 3.48. The third-order valence-electron chi connectivity index (χ3n) is 4.48. The van der Waals surface area contributed by atoms with Crippen LogP contribution in [0.25, 0.3) is 16.6 Å². The van der Waals surface area contributed by atoms with Crippen molar-refractivity contribution in [1.82, 2.24) is 9.97 Å². The first-order valence-electron chi connectivity index (χ1n) is 7.09. The number of H-pyrrole nitrogens is 1. The van der Waals surface area contributed by atoms with E-state index in [0.717, 1.165) is 17.0 Å². The van der Waals surface area contributed by atoms with Crippen molar-refractivity contribution in [1.29, 1.82) is 5.26 Å². The molecule has 2 aromatic rings. The Hall–Kier alpha value is -2.34. The molecule has 1 aromatic carbocycles. The average Bonchev–Trinajstić information content (AvgIpc) is 3.18. The first kappa shape index (κ1) is 11.5. The number of benzene rings is 1.